The third kappa shape index (κ3) is 6.08. The molecule has 1 fully saturated rings. The predicted octanol–water partition coefficient (Wildman–Crippen LogP) is 1.15. The first-order chi connectivity index (χ1) is 8.52. The summed E-state index contributed by atoms with van der Waals surface area (Å²) in [6.07, 6.45) is 6.45. The molecule has 106 valence electrons. The Morgan fingerprint density at radius 2 is 1.78 bits per heavy atom. The lowest BCUT2D eigenvalue weighted by Crippen LogP contribution is -2.41. The minimum Gasteiger partial charge on any atom is -0.393 e. The van der Waals surface area contributed by atoms with Gasteiger partial charge in [0.2, 0.25) is 0 Å². The highest BCUT2D eigenvalue weighted by Crippen LogP contribution is 2.12. The summed E-state index contributed by atoms with van der Waals surface area (Å²) in [6, 6.07) is 0. The number of rotatable bonds is 7. The third-order valence-electron chi connectivity index (χ3n) is 3.04. The number of unbranched alkanes of at least 4 members (excludes halogenated alkanes) is 1. The quantitative estimate of drug-likeness (QED) is 0.545. The zero-order valence-corrected chi connectivity index (χ0v) is 12.4. The molecule has 7 heteroatoms. The number of thiocarbonyl (C=S) groups is 1. The second-order valence-corrected chi connectivity index (χ2v) is 6.92. The van der Waals surface area contributed by atoms with Gasteiger partial charge < -0.3 is 5.73 Å². The first-order valence-corrected chi connectivity index (χ1v) is 8.40. The van der Waals surface area contributed by atoms with Crippen molar-refractivity contribution in [2.24, 2.45) is 5.73 Å². The highest BCUT2D eigenvalue weighted by Gasteiger charge is 2.21. The SMILES string of the molecule is NC(=S)CCCCNS(=O)(=O)N1CCCCCC1. The van der Waals surface area contributed by atoms with Gasteiger partial charge in [-0.05, 0) is 32.1 Å². The van der Waals surface area contributed by atoms with E-state index >= 15 is 0 Å². The van der Waals surface area contributed by atoms with Crippen molar-refractivity contribution in [2.45, 2.75) is 44.9 Å². The third-order valence-corrected chi connectivity index (χ3v) is 4.86. The topological polar surface area (TPSA) is 75.4 Å². The van der Waals surface area contributed by atoms with Crippen LogP contribution in [-0.2, 0) is 10.2 Å². The van der Waals surface area contributed by atoms with Gasteiger partial charge in [0.25, 0.3) is 10.2 Å². The van der Waals surface area contributed by atoms with Crippen LogP contribution in [0.2, 0.25) is 0 Å². The van der Waals surface area contributed by atoms with Crippen LogP contribution in [0.15, 0.2) is 0 Å². The van der Waals surface area contributed by atoms with E-state index in [1.165, 1.54) is 0 Å². The van der Waals surface area contributed by atoms with Gasteiger partial charge in [0.05, 0.1) is 4.99 Å². The molecule has 1 aliphatic heterocycles. The zero-order valence-electron chi connectivity index (χ0n) is 10.7. The van der Waals surface area contributed by atoms with Gasteiger partial charge in [-0.3, -0.25) is 0 Å². The van der Waals surface area contributed by atoms with E-state index in [4.69, 9.17) is 18.0 Å². The van der Waals surface area contributed by atoms with Crippen LogP contribution in [0.3, 0.4) is 0 Å². The van der Waals surface area contributed by atoms with Crippen molar-refractivity contribution in [3.05, 3.63) is 0 Å². The lowest BCUT2D eigenvalue weighted by Gasteiger charge is -2.20. The Labute approximate surface area is 115 Å². The summed E-state index contributed by atoms with van der Waals surface area (Å²) in [5.74, 6) is 0. The Morgan fingerprint density at radius 1 is 1.17 bits per heavy atom. The van der Waals surface area contributed by atoms with Crippen molar-refractivity contribution in [3.63, 3.8) is 0 Å². The first-order valence-electron chi connectivity index (χ1n) is 6.55. The molecule has 3 N–H and O–H groups in total. The minimum absolute atomic E-state index is 0.460. The van der Waals surface area contributed by atoms with E-state index in [2.05, 4.69) is 4.72 Å². The summed E-state index contributed by atoms with van der Waals surface area (Å²) in [4.78, 5) is 0.491. The molecule has 0 bridgehead atoms. The summed E-state index contributed by atoms with van der Waals surface area (Å²) in [5.41, 5.74) is 5.38. The Balaban J connectivity index is 2.27. The van der Waals surface area contributed by atoms with Gasteiger partial charge in [0.1, 0.15) is 0 Å². The smallest absolute Gasteiger partial charge is 0.279 e. The van der Waals surface area contributed by atoms with Crippen LogP contribution in [0.1, 0.15) is 44.9 Å². The molecule has 1 aliphatic rings. The Kier molecular flexibility index (Phi) is 7.06. The van der Waals surface area contributed by atoms with E-state index in [1.54, 1.807) is 4.31 Å². The predicted molar refractivity (Wildman–Crippen MR) is 77.6 cm³/mol. The molecule has 1 heterocycles. The van der Waals surface area contributed by atoms with E-state index in [0.29, 0.717) is 31.0 Å². The van der Waals surface area contributed by atoms with Gasteiger partial charge in [-0.2, -0.15) is 12.7 Å². The Bertz CT molecular complexity index is 349. The van der Waals surface area contributed by atoms with Gasteiger partial charge in [-0.25, -0.2) is 4.72 Å². The average molecular weight is 293 g/mol. The maximum absolute atomic E-state index is 12.0. The van der Waals surface area contributed by atoms with Crippen LogP contribution in [0.5, 0.6) is 0 Å². The van der Waals surface area contributed by atoms with Crippen molar-refractivity contribution in [2.75, 3.05) is 19.6 Å². The van der Waals surface area contributed by atoms with Crippen LogP contribution in [0, 0.1) is 0 Å². The normalized spacial score (nSPS) is 18.4. The summed E-state index contributed by atoms with van der Waals surface area (Å²) in [7, 11) is -3.29. The van der Waals surface area contributed by atoms with Crippen molar-refractivity contribution < 1.29 is 8.42 Å². The summed E-state index contributed by atoms with van der Waals surface area (Å²) >= 11 is 4.77. The molecule has 18 heavy (non-hydrogen) atoms. The highest BCUT2D eigenvalue weighted by molar-refractivity contribution is 7.87. The van der Waals surface area contributed by atoms with Crippen LogP contribution in [-0.4, -0.2) is 37.3 Å². The summed E-state index contributed by atoms with van der Waals surface area (Å²) in [6.45, 7) is 1.74. The molecular formula is C11H23N3O2S2. The van der Waals surface area contributed by atoms with Crippen molar-refractivity contribution in [1.29, 1.82) is 0 Å². The second kappa shape index (κ2) is 8.04. The Hall–Kier alpha value is -0.240. The number of nitrogens with zero attached hydrogens (tertiary/aromatic N) is 1. The Morgan fingerprint density at radius 3 is 2.33 bits per heavy atom. The zero-order chi connectivity index (χ0) is 13.4. The van der Waals surface area contributed by atoms with E-state index in [0.717, 1.165) is 38.5 Å². The van der Waals surface area contributed by atoms with Gasteiger partial charge in [-0.15, -0.1) is 0 Å². The molecular weight excluding hydrogens is 270 g/mol. The van der Waals surface area contributed by atoms with Crippen LogP contribution in [0.25, 0.3) is 0 Å². The molecule has 0 aliphatic carbocycles. The molecule has 5 nitrogen and oxygen atoms in total. The lowest BCUT2D eigenvalue weighted by molar-refractivity contribution is 0.414. The van der Waals surface area contributed by atoms with Crippen LogP contribution < -0.4 is 10.5 Å². The lowest BCUT2D eigenvalue weighted by atomic mass is 10.2. The first kappa shape index (κ1) is 15.8. The molecule has 0 amide bonds. The molecule has 0 saturated carbocycles. The maximum Gasteiger partial charge on any atom is 0.279 e. The number of hydrogen-bond donors (Lipinski definition) is 2. The molecule has 0 atom stereocenters. The largest absolute Gasteiger partial charge is 0.393 e. The average Bonchev–Trinajstić information content (AvgIpc) is 2.56. The van der Waals surface area contributed by atoms with Crippen molar-refractivity contribution in [1.82, 2.24) is 9.03 Å². The summed E-state index contributed by atoms with van der Waals surface area (Å²) in [5, 5.41) is 0. The van der Waals surface area contributed by atoms with E-state index in [-0.39, 0.29) is 0 Å². The fourth-order valence-electron chi connectivity index (χ4n) is 2.00. The summed E-state index contributed by atoms with van der Waals surface area (Å²) < 4.78 is 28.2. The number of hydrogen-bond acceptors (Lipinski definition) is 3. The van der Waals surface area contributed by atoms with Crippen LogP contribution in [0.4, 0.5) is 0 Å². The van der Waals surface area contributed by atoms with Gasteiger partial charge in [0.15, 0.2) is 0 Å². The van der Waals surface area contributed by atoms with Crippen LogP contribution >= 0.6 is 12.2 Å². The van der Waals surface area contributed by atoms with E-state index in [9.17, 15) is 8.42 Å². The molecule has 1 saturated heterocycles. The molecule has 1 rings (SSSR count). The molecule has 0 unspecified atom stereocenters. The van der Waals surface area contributed by atoms with Crippen molar-refractivity contribution in [3.8, 4) is 0 Å². The molecule has 0 spiro atoms. The molecule has 0 aromatic heterocycles. The van der Waals surface area contributed by atoms with E-state index in [1.807, 2.05) is 0 Å². The molecule has 0 aromatic rings. The standard InChI is InChI=1S/C11H23N3O2S2/c12-11(17)7-3-4-8-13-18(15,16)14-9-5-1-2-6-10-14/h13H,1-10H2,(H2,12,17). The highest BCUT2D eigenvalue weighted by atomic mass is 32.2. The van der Waals surface area contributed by atoms with Gasteiger partial charge in [0, 0.05) is 19.6 Å². The van der Waals surface area contributed by atoms with Gasteiger partial charge in [-0.1, -0.05) is 25.1 Å². The van der Waals surface area contributed by atoms with E-state index < -0.39 is 10.2 Å². The molecule has 0 radical (unpaired) electrons. The minimum atomic E-state index is -3.29. The van der Waals surface area contributed by atoms with Gasteiger partial charge >= 0.3 is 0 Å². The van der Waals surface area contributed by atoms with Crippen molar-refractivity contribution >= 4 is 27.4 Å². The number of nitrogens with one attached hydrogen (secondary N) is 1. The fraction of sp³-hybridized carbons (Fsp3) is 0.909. The second-order valence-electron chi connectivity index (χ2n) is 4.64. The fourth-order valence-corrected chi connectivity index (χ4v) is 3.47. The molecule has 0 aromatic carbocycles. The monoisotopic (exact) mass is 293 g/mol. The number of nitrogens with two attached hydrogens (primary N) is 1. The maximum atomic E-state index is 12.0.